The van der Waals surface area contributed by atoms with Gasteiger partial charge in [-0.15, -0.1) is 0 Å². The van der Waals surface area contributed by atoms with E-state index in [9.17, 15) is 9.90 Å². The number of anilines is 1. The van der Waals surface area contributed by atoms with E-state index in [1.807, 2.05) is 12.1 Å². The van der Waals surface area contributed by atoms with Crippen molar-refractivity contribution in [3.63, 3.8) is 0 Å². The fraction of sp³-hybridized carbons (Fsp3) is 0.516. The molecule has 3 saturated carbocycles. The van der Waals surface area contributed by atoms with E-state index in [0.29, 0.717) is 23.1 Å². The quantitative estimate of drug-likeness (QED) is 0.501. The zero-order valence-corrected chi connectivity index (χ0v) is 21.4. The molecule has 0 radical (unpaired) electrons. The van der Waals surface area contributed by atoms with Gasteiger partial charge in [0.25, 0.3) is 0 Å². The number of carboxylic acid groups (broad SMARTS) is 1. The lowest BCUT2D eigenvalue weighted by Gasteiger charge is -2.64. The summed E-state index contributed by atoms with van der Waals surface area (Å²) in [7, 11) is 0. The summed E-state index contributed by atoms with van der Waals surface area (Å²) in [6, 6.07) is 19.3. The summed E-state index contributed by atoms with van der Waals surface area (Å²) in [4.78, 5) is 16.4. The minimum Gasteiger partial charge on any atom is -0.478 e. The molecular weight excluding hydrogens is 432 g/mol. The van der Waals surface area contributed by atoms with Crippen LogP contribution >= 0.6 is 0 Å². The maximum atomic E-state index is 11.2. The Bertz CT molecular complexity index is 1040. The van der Waals surface area contributed by atoms with E-state index < -0.39 is 5.97 Å². The van der Waals surface area contributed by atoms with Crippen LogP contribution in [-0.4, -0.2) is 41.1 Å². The van der Waals surface area contributed by atoms with Gasteiger partial charge in [0, 0.05) is 30.9 Å². The van der Waals surface area contributed by atoms with Crippen molar-refractivity contribution in [3.05, 3.63) is 78.0 Å². The van der Waals surface area contributed by atoms with Crippen LogP contribution < -0.4 is 4.90 Å². The number of allylic oxidation sites excluding steroid dienone is 1. The second-order valence-electron chi connectivity index (χ2n) is 11.6. The molecule has 4 nitrogen and oxygen atoms in total. The first-order valence-corrected chi connectivity index (χ1v) is 13.4. The molecule has 0 aromatic heterocycles. The molecule has 4 heteroatoms. The number of carbonyl (C=O) groups is 1. The monoisotopic (exact) mass is 472 g/mol. The predicted molar refractivity (Wildman–Crippen MR) is 143 cm³/mol. The molecule has 35 heavy (non-hydrogen) atoms. The molecule has 1 saturated heterocycles. The van der Waals surface area contributed by atoms with Crippen LogP contribution in [0.5, 0.6) is 0 Å². The minimum atomic E-state index is -0.865. The molecule has 0 amide bonds. The van der Waals surface area contributed by atoms with Gasteiger partial charge in [0.15, 0.2) is 0 Å². The summed E-state index contributed by atoms with van der Waals surface area (Å²) in [6.45, 7) is 9.51. The third-order valence-electron chi connectivity index (χ3n) is 9.54. The first kappa shape index (κ1) is 24.0. The van der Waals surface area contributed by atoms with Gasteiger partial charge in [-0.05, 0) is 91.3 Å². The van der Waals surface area contributed by atoms with E-state index in [1.54, 1.807) is 12.1 Å². The van der Waals surface area contributed by atoms with E-state index in [-0.39, 0.29) is 0 Å². The summed E-state index contributed by atoms with van der Waals surface area (Å²) >= 11 is 0. The van der Waals surface area contributed by atoms with E-state index in [2.05, 4.69) is 73.2 Å². The summed E-state index contributed by atoms with van der Waals surface area (Å²) < 4.78 is 0. The van der Waals surface area contributed by atoms with Gasteiger partial charge >= 0.3 is 5.97 Å². The van der Waals surface area contributed by atoms with E-state index in [0.717, 1.165) is 55.8 Å². The van der Waals surface area contributed by atoms with Crippen molar-refractivity contribution in [3.8, 4) is 0 Å². The van der Waals surface area contributed by atoms with E-state index in [4.69, 9.17) is 0 Å². The molecule has 2 aromatic carbocycles. The molecule has 4 aliphatic rings. The molecule has 2 bridgehead atoms. The van der Waals surface area contributed by atoms with E-state index >= 15 is 0 Å². The van der Waals surface area contributed by atoms with Crippen LogP contribution in [0.1, 0.15) is 62.4 Å². The van der Waals surface area contributed by atoms with Gasteiger partial charge in [-0.1, -0.05) is 57.2 Å². The average Bonchev–Trinajstić information content (AvgIpc) is 2.87. The summed E-state index contributed by atoms with van der Waals surface area (Å²) in [5, 5.41) is 9.20. The van der Waals surface area contributed by atoms with Crippen LogP contribution in [0.3, 0.4) is 0 Å². The molecule has 186 valence electrons. The van der Waals surface area contributed by atoms with Gasteiger partial charge in [0.1, 0.15) is 0 Å². The fourth-order valence-corrected chi connectivity index (χ4v) is 7.18. The molecule has 1 heterocycles. The lowest BCUT2D eigenvalue weighted by atomic mass is 9.44. The molecule has 3 aliphatic carbocycles. The third-order valence-corrected chi connectivity index (χ3v) is 9.54. The Morgan fingerprint density at radius 2 is 1.74 bits per heavy atom. The van der Waals surface area contributed by atoms with Crippen LogP contribution in [0.4, 0.5) is 5.69 Å². The number of nitrogens with zero attached hydrogens (tertiary/aromatic N) is 2. The highest BCUT2D eigenvalue weighted by Crippen LogP contribution is 2.62. The Morgan fingerprint density at radius 1 is 1.06 bits per heavy atom. The van der Waals surface area contributed by atoms with Crippen LogP contribution in [-0.2, 0) is 6.42 Å². The number of hydrogen-bond donors (Lipinski definition) is 1. The van der Waals surface area contributed by atoms with Crippen LogP contribution in [0.15, 0.2) is 66.9 Å². The Labute approximate surface area is 210 Å². The van der Waals surface area contributed by atoms with Crippen molar-refractivity contribution in [1.29, 1.82) is 0 Å². The minimum absolute atomic E-state index is 0.353. The highest BCUT2D eigenvalue weighted by Gasteiger charge is 2.57. The Morgan fingerprint density at radius 3 is 2.34 bits per heavy atom. The summed E-state index contributed by atoms with van der Waals surface area (Å²) in [5.41, 5.74) is 3.35. The number of rotatable bonds is 7. The van der Waals surface area contributed by atoms with Crippen molar-refractivity contribution in [2.45, 2.75) is 65.0 Å². The van der Waals surface area contributed by atoms with Crippen LogP contribution in [0.2, 0.25) is 0 Å². The van der Waals surface area contributed by atoms with Gasteiger partial charge in [-0.2, -0.15) is 0 Å². The highest BCUT2D eigenvalue weighted by molar-refractivity contribution is 5.88. The topological polar surface area (TPSA) is 43.8 Å². The smallest absolute Gasteiger partial charge is 0.335 e. The molecule has 1 aliphatic heterocycles. The second kappa shape index (κ2) is 9.72. The number of fused-ring (bicyclic) bond motifs is 2. The van der Waals surface area contributed by atoms with Crippen molar-refractivity contribution in [2.24, 2.45) is 23.2 Å². The molecule has 1 N–H and O–H groups in total. The molecule has 0 unspecified atom stereocenters. The largest absolute Gasteiger partial charge is 0.478 e. The molecule has 4 fully saturated rings. The van der Waals surface area contributed by atoms with Crippen molar-refractivity contribution in [2.75, 3.05) is 18.0 Å². The predicted octanol–water partition coefficient (Wildman–Crippen LogP) is 6.48. The lowest BCUT2D eigenvalue weighted by Crippen LogP contribution is -2.61. The molecular formula is C31H40N2O2. The van der Waals surface area contributed by atoms with Crippen molar-refractivity contribution >= 4 is 11.7 Å². The number of benzene rings is 2. The van der Waals surface area contributed by atoms with E-state index in [1.165, 1.54) is 18.4 Å². The number of piperidine rings is 1. The SMILES string of the molecule is C[C@@H]1[C@@H](N(C=CCc2ccccc2)C2CCN(c3ccc(C(=O)O)cc3)CC2)C[C@H]2C[C@@H]1C2(C)C. The van der Waals surface area contributed by atoms with Crippen LogP contribution in [0.25, 0.3) is 0 Å². The summed E-state index contributed by atoms with van der Waals surface area (Å²) in [6.07, 6.45) is 10.8. The molecule has 2 aromatic rings. The Balaban J connectivity index is 1.29. The fourth-order valence-electron chi connectivity index (χ4n) is 7.18. The maximum Gasteiger partial charge on any atom is 0.335 e. The molecule has 4 atom stereocenters. The Kier molecular flexibility index (Phi) is 6.65. The Hall–Kier alpha value is -2.75. The second-order valence-corrected chi connectivity index (χ2v) is 11.6. The van der Waals surface area contributed by atoms with Gasteiger partial charge in [0.2, 0.25) is 0 Å². The summed E-state index contributed by atoms with van der Waals surface area (Å²) in [5.74, 6) is 1.55. The zero-order valence-electron chi connectivity index (χ0n) is 21.4. The maximum absolute atomic E-state index is 11.2. The molecule has 6 rings (SSSR count). The number of aromatic carboxylic acids is 1. The average molecular weight is 473 g/mol. The van der Waals surface area contributed by atoms with Crippen molar-refractivity contribution < 1.29 is 9.90 Å². The first-order chi connectivity index (χ1) is 16.8. The normalized spacial score (nSPS) is 28.0. The number of hydrogen-bond acceptors (Lipinski definition) is 3. The lowest BCUT2D eigenvalue weighted by molar-refractivity contribution is -0.137. The standard InChI is InChI=1S/C31H40N2O2/c1-22-28-20-25(31(28,2)3)21-29(22)33(17-7-10-23-8-5-4-6-9-23)27-15-18-32(19-16-27)26-13-11-24(12-14-26)30(34)35/h4-9,11-14,17,22,25,27-29H,10,15-16,18-21H2,1-3H3,(H,34,35)/t22-,25+,28-,29-/m0/s1. The van der Waals surface area contributed by atoms with Gasteiger partial charge in [0.05, 0.1) is 5.56 Å². The van der Waals surface area contributed by atoms with Gasteiger partial charge in [-0.3, -0.25) is 0 Å². The first-order valence-electron chi connectivity index (χ1n) is 13.4. The van der Waals surface area contributed by atoms with Gasteiger partial charge < -0.3 is 14.9 Å². The van der Waals surface area contributed by atoms with Gasteiger partial charge in [-0.25, -0.2) is 4.79 Å². The highest BCUT2D eigenvalue weighted by atomic mass is 16.4. The third kappa shape index (κ3) is 4.72. The van der Waals surface area contributed by atoms with Crippen molar-refractivity contribution in [1.82, 2.24) is 4.90 Å². The zero-order chi connectivity index (χ0) is 24.6. The van der Waals surface area contributed by atoms with Crippen LogP contribution in [0, 0.1) is 23.2 Å². The number of carboxylic acids is 1. The molecule has 0 spiro atoms.